The van der Waals surface area contributed by atoms with Crippen LogP contribution in [0.5, 0.6) is 11.5 Å². The Morgan fingerprint density at radius 2 is 1.67 bits per heavy atom. The van der Waals surface area contributed by atoms with E-state index >= 15 is 0 Å². The van der Waals surface area contributed by atoms with E-state index in [9.17, 15) is 13.2 Å². The van der Waals surface area contributed by atoms with E-state index < -0.39 is 20.5 Å². The van der Waals surface area contributed by atoms with E-state index in [0.717, 1.165) is 0 Å². The SMILES string of the molecule is COc1ccc(NC(=O)C2(S(=O)(=O)c3ccccc3)CCCC2)c(OC)c1. The first kappa shape index (κ1) is 19.2. The summed E-state index contributed by atoms with van der Waals surface area (Å²) in [5.74, 6) is 0.470. The molecule has 7 heteroatoms. The minimum absolute atomic E-state index is 0.170. The third-order valence-corrected chi connectivity index (χ3v) is 7.57. The zero-order chi connectivity index (χ0) is 19.5. The minimum Gasteiger partial charge on any atom is -0.497 e. The van der Waals surface area contributed by atoms with Gasteiger partial charge in [0, 0.05) is 6.07 Å². The van der Waals surface area contributed by atoms with E-state index in [1.165, 1.54) is 26.4 Å². The lowest BCUT2D eigenvalue weighted by atomic mass is 10.1. The average Bonchev–Trinajstić information content (AvgIpc) is 3.21. The molecule has 1 aliphatic rings. The van der Waals surface area contributed by atoms with Gasteiger partial charge in [0.05, 0.1) is 24.8 Å². The highest BCUT2D eigenvalue weighted by Crippen LogP contribution is 2.42. The molecule has 0 aliphatic heterocycles. The van der Waals surface area contributed by atoms with Crippen LogP contribution in [0.3, 0.4) is 0 Å². The van der Waals surface area contributed by atoms with E-state index in [1.807, 2.05) is 0 Å². The van der Waals surface area contributed by atoms with E-state index in [-0.39, 0.29) is 4.90 Å². The van der Waals surface area contributed by atoms with Crippen molar-refractivity contribution >= 4 is 21.4 Å². The molecule has 0 atom stereocenters. The highest BCUT2D eigenvalue weighted by molar-refractivity contribution is 7.93. The molecule has 2 aromatic carbocycles. The quantitative estimate of drug-likeness (QED) is 0.819. The highest BCUT2D eigenvalue weighted by atomic mass is 32.2. The molecule has 0 unspecified atom stereocenters. The van der Waals surface area contributed by atoms with Gasteiger partial charge in [0.25, 0.3) is 0 Å². The number of sulfone groups is 1. The van der Waals surface area contributed by atoms with Crippen LogP contribution in [0.2, 0.25) is 0 Å². The standard InChI is InChI=1S/C20H23NO5S/c1-25-15-10-11-17(18(14-15)26-2)21-19(22)20(12-6-7-13-20)27(23,24)16-8-4-3-5-9-16/h3-5,8-11,14H,6-7,12-13H2,1-2H3,(H,21,22). The zero-order valence-electron chi connectivity index (χ0n) is 15.4. The number of benzene rings is 2. The Morgan fingerprint density at radius 3 is 2.26 bits per heavy atom. The number of carbonyl (C=O) groups is 1. The van der Waals surface area contributed by atoms with Gasteiger partial charge in [0.2, 0.25) is 5.91 Å². The van der Waals surface area contributed by atoms with Gasteiger partial charge < -0.3 is 14.8 Å². The lowest BCUT2D eigenvalue weighted by Crippen LogP contribution is -2.47. The Bertz CT molecular complexity index is 919. The van der Waals surface area contributed by atoms with Gasteiger partial charge in [-0.25, -0.2) is 8.42 Å². The lowest BCUT2D eigenvalue weighted by molar-refractivity contribution is -0.118. The van der Waals surface area contributed by atoms with Crippen LogP contribution >= 0.6 is 0 Å². The molecule has 1 fully saturated rings. The molecule has 0 aromatic heterocycles. The van der Waals surface area contributed by atoms with Crippen molar-refractivity contribution in [3.8, 4) is 11.5 Å². The number of hydrogen-bond acceptors (Lipinski definition) is 5. The van der Waals surface area contributed by atoms with Crippen molar-refractivity contribution in [2.45, 2.75) is 35.3 Å². The maximum Gasteiger partial charge on any atom is 0.246 e. The van der Waals surface area contributed by atoms with Crippen molar-refractivity contribution in [2.75, 3.05) is 19.5 Å². The molecule has 2 aromatic rings. The first-order chi connectivity index (χ1) is 12.9. The number of hydrogen-bond donors (Lipinski definition) is 1. The van der Waals surface area contributed by atoms with Crippen LogP contribution in [-0.4, -0.2) is 33.3 Å². The summed E-state index contributed by atoms with van der Waals surface area (Å²) < 4.78 is 35.7. The average molecular weight is 389 g/mol. The fourth-order valence-corrected chi connectivity index (χ4v) is 5.62. The summed E-state index contributed by atoms with van der Waals surface area (Å²) in [6.45, 7) is 0. The summed E-state index contributed by atoms with van der Waals surface area (Å²) in [5, 5.41) is 2.77. The summed E-state index contributed by atoms with van der Waals surface area (Å²) in [6.07, 6.45) is 1.99. The van der Waals surface area contributed by atoms with Crippen molar-refractivity contribution in [2.24, 2.45) is 0 Å². The number of amides is 1. The third kappa shape index (κ3) is 3.39. The first-order valence-electron chi connectivity index (χ1n) is 8.78. The predicted octanol–water partition coefficient (Wildman–Crippen LogP) is 3.43. The number of ether oxygens (including phenoxy) is 2. The monoisotopic (exact) mass is 389 g/mol. The molecule has 0 spiro atoms. The molecular weight excluding hydrogens is 366 g/mol. The third-order valence-electron chi connectivity index (χ3n) is 5.05. The van der Waals surface area contributed by atoms with Crippen LogP contribution in [0.15, 0.2) is 53.4 Å². The number of rotatable bonds is 6. The first-order valence-corrected chi connectivity index (χ1v) is 10.3. The molecule has 1 amide bonds. The zero-order valence-corrected chi connectivity index (χ0v) is 16.2. The smallest absolute Gasteiger partial charge is 0.246 e. The maximum absolute atomic E-state index is 13.3. The molecular formula is C20H23NO5S. The second-order valence-electron chi connectivity index (χ2n) is 6.54. The number of anilines is 1. The largest absolute Gasteiger partial charge is 0.497 e. The number of carbonyl (C=O) groups excluding carboxylic acids is 1. The molecule has 1 aliphatic carbocycles. The van der Waals surface area contributed by atoms with Gasteiger partial charge in [-0.2, -0.15) is 0 Å². The van der Waals surface area contributed by atoms with Gasteiger partial charge in [0.15, 0.2) is 14.6 Å². The van der Waals surface area contributed by atoms with E-state index in [1.54, 1.807) is 36.4 Å². The molecule has 1 N–H and O–H groups in total. The van der Waals surface area contributed by atoms with Gasteiger partial charge in [-0.1, -0.05) is 31.0 Å². The predicted molar refractivity (Wildman–Crippen MR) is 103 cm³/mol. The minimum atomic E-state index is -3.83. The summed E-state index contributed by atoms with van der Waals surface area (Å²) in [6, 6.07) is 13.1. The fourth-order valence-electron chi connectivity index (χ4n) is 3.53. The Balaban J connectivity index is 1.98. The van der Waals surface area contributed by atoms with Crippen molar-refractivity contribution in [3.63, 3.8) is 0 Å². The van der Waals surface area contributed by atoms with Crippen LogP contribution in [0.1, 0.15) is 25.7 Å². The van der Waals surface area contributed by atoms with Crippen LogP contribution in [-0.2, 0) is 14.6 Å². The summed E-state index contributed by atoms with van der Waals surface area (Å²) >= 11 is 0. The highest BCUT2D eigenvalue weighted by Gasteiger charge is 2.53. The van der Waals surface area contributed by atoms with Gasteiger partial charge in [0.1, 0.15) is 11.5 Å². The Morgan fingerprint density at radius 1 is 1.00 bits per heavy atom. The topological polar surface area (TPSA) is 81.7 Å². The number of nitrogens with one attached hydrogen (secondary N) is 1. The summed E-state index contributed by atoms with van der Waals surface area (Å²) in [5.41, 5.74) is 0.415. The Kier molecular flexibility index (Phi) is 5.41. The summed E-state index contributed by atoms with van der Waals surface area (Å²) in [4.78, 5) is 13.4. The maximum atomic E-state index is 13.3. The van der Waals surface area contributed by atoms with E-state index in [4.69, 9.17) is 9.47 Å². The van der Waals surface area contributed by atoms with Crippen molar-refractivity contribution < 1.29 is 22.7 Å². The molecule has 3 rings (SSSR count). The molecule has 6 nitrogen and oxygen atoms in total. The van der Waals surface area contributed by atoms with Crippen LogP contribution in [0.25, 0.3) is 0 Å². The van der Waals surface area contributed by atoms with Gasteiger partial charge >= 0.3 is 0 Å². The number of methoxy groups -OCH3 is 2. The molecule has 0 saturated heterocycles. The van der Waals surface area contributed by atoms with Gasteiger partial charge in [-0.15, -0.1) is 0 Å². The Hall–Kier alpha value is -2.54. The fraction of sp³-hybridized carbons (Fsp3) is 0.350. The molecule has 0 bridgehead atoms. The second kappa shape index (κ2) is 7.60. The van der Waals surface area contributed by atoms with Gasteiger partial charge in [-0.3, -0.25) is 4.79 Å². The molecule has 27 heavy (non-hydrogen) atoms. The van der Waals surface area contributed by atoms with Crippen molar-refractivity contribution in [1.29, 1.82) is 0 Å². The molecule has 1 saturated carbocycles. The van der Waals surface area contributed by atoms with Crippen molar-refractivity contribution in [3.05, 3.63) is 48.5 Å². The molecule has 0 radical (unpaired) electrons. The molecule has 144 valence electrons. The van der Waals surface area contributed by atoms with Crippen LogP contribution in [0, 0.1) is 0 Å². The van der Waals surface area contributed by atoms with E-state index in [2.05, 4.69) is 5.32 Å². The Labute approximate surface area is 159 Å². The normalized spacial score (nSPS) is 15.9. The van der Waals surface area contributed by atoms with Crippen LogP contribution < -0.4 is 14.8 Å². The van der Waals surface area contributed by atoms with E-state index in [0.29, 0.717) is 42.9 Å². The van der Waals surface area contributed by atoms with Gasteiger partial charge in [-0.05, 0) is 37.1 Å². The molecule has 0 heterocycles. The second-order valence-corrected chi connectivity index (χ2v) is 8.80. The van der Waals surface area contributed by atoms with Crippen molar-refractivity contribution in [1.82, 2.24) is 0 Å². The lowest BCUT2D eigenvalue weighted by Gasteiger charge is -2.28. The van der Waals surface area contributed by atoms with Crippen LogP contribution in [0.4, 0.5) is 5.69 Å². The summed E-state index contributed by atoms with van der Waals surface area (Å²) in [7, 11) is -0.812.